The number of aryl methyl sites for hydroxylation is 1. The van der Waals surface area contributed by atoms with Crippen LogP contribution in [0.5, 0.6) is 5.75 Å². The Kier molecular flexibility index (Phi) is 8.96. The minimum Gasteiger partial charge on any atom is -0.468 e. The molecule has 0 aliphatic carbocycles. The average molecular weight is 524 g/mol. The van der Waals surface area contributed by atoms with Crippen LogP contribution in [0.4, 0.5) is 4.79 Å². The standard InChI is InChI=1S/C21H29N6O8P/c1-12-5-7-15(8-6-12)35-36(31,25-14(3)20(29)32-4)33-11-17-16(24-26-22)9-18(34-17)27-10-13(2)19(28)23-21(27)30/h5-8,10,14,16-19,28H,9,11H2,1-4H3,(H,23,30)(H,25,31). The van der Waals surface area contributed by atoms with Gasteiger partial charge in [-0.25, -0.2) is 9.36 Å². The highest BCUT2D eigenvalue weighted by Crippen LogP contribution is 2.46. The van der Waals surface area contributed by atoms with Crippen molar-refractivity contribution in [1.29, 1.82) is 0 Å². The van der Waals surface area contributed by atoms with Crippen molar-refractivity contribution in [2.75, 3.05) is 13.7 Å². The van der Waals surface area contributed by atoms with Gasteiger partial charge in [-0.3, -0.25) is 14.2 Å². The fourth-order valence-electron chi connectivity index (χ4n) is 3.56. The molecule has 14 nitrogen and oxygen atoms in total. The van der Waals surface area contributed by atoms with Gasteiger partial charge in [0.25, 0.3) is 0 Å². The molecule has 0 bridgehead atoms. The SMILES string of the molecule is COC(=O)C(C)NP(=O)(OCC1OC(N2C=C(C)C(O)NC2=O)CC1N=[N+]=[N-])Oc1ccc(C)cc1. The minimum absolute atomic E-state index is 0.125. The Labute approximate surface area is 207 Å². The van der Waals surface area contributed by atoms with Crippen molar-refractivity contribution in [3.8, 4) is 5.75 Å². The monoisotopic (exact) mass is 524 g/mol. The number of benzene rings is 1. The van der Waals surface area contributed by atoms with Gasteiger partial charge >= 0.3 is 19.7 Å². The minimum atomic E-state index is -4.16. The number of nitrogens with one attached hydrogen (secondary N) is 2. The molecule has 36 heavy (non-hydrogen) atoms. The van der Waals surface area contributed by atoms with E-state index in [1.807, 2.05) is 6.92 Å². The predicted octanol–water partition coefficient (Wildman–Crippen LogP) is 2.69. The number of urea groups is 1. The van der Waals surface area contributed by atoms with E-state index in [-0.39, 0.29) is 18.8 Å². The second-order valence-electron chi connectivity index (χ2n) is 8.34. The van der Waals surface area contributed by atoms with E-state index in [4.69, 9.17) is 19.3 Å². The maximum absolute atomic E-state index is 13.6. The second kappa shape index (κ2) is 11.7. The van der Waals surface area contributed by atoms with Gasteiger partial charge in [0.2, 0.25) is 0 Å². The van der Waals surface area contributed by atoms with Gasteiger partial charge in [0.05, 0.1) is 25.9 Å². The zero-order valence-corrected chi connectivity index (χ0v) is 21.1. The van der Waals surface area contributed by atoms with E-state index in [1.54, 1.807) is 31.2 Å². The molecule has 0 spiro atoms. The number of aliphatic hydroxyl groups is 1. The van der Waals surface area contributed by atoms with E-state index < -0.39 is 50.4 Å². The summed E-state index contributed by atoms with van der Waals surface area (Å²) in [6.45, 7) is 4.58. The number of carbonyl (C=O) groups excluding carboxylic acids is 2. The van der Waals surface area contributed by atoms with Crippen LogP contribution in [-0.2, 0) is 23.4 Å². The van der Waals surface area contributed by atoms with Crippen LogP contribution in [0, 0.1) is 6.92 Å². The van der Waals surface area contributed by atoms with Crippen LogP contribution in [0.1, 0.15) is 25.8 Å². The van der Waals surface area contributed by atoms with Crippen molar-refractivity contribution < 1.29 is 37.8 Å². The summed E-state index contributed by atoms with van der Waals surface area (Å²) < 4.78 is 35.4. The molecule has 6 atom stereocenters. The number of hydrogen-bond acceptors (Lipinski definition) is 9. The molecule has 0 radical (unpaired) electrons. The third-order valence-corrected chi connectivity index (χ3v) is 7.19. The van der Waals surface area contributed by atoms with Gasteiger partial charge in [-0.1, -0.05) is 22.8 Å². The van der Waals surface area contributed by atoms with Crippen LogP contribution in [0.2, 0.25) is 0 Å². The maximum Gasteiger partial charge on any atom is 0.459 e. The Balaban J connectivity index is 1.77. The number of nitrogens with zero attached hydrogens (tertiary/aromatic N) is 4. The molecule has 2 amide bonds. The maximum atomic E-state index is 13.6. The predicted molar refractivity (Wildman–Crippen MR) is 126 cm³/mol. The first-order valence-electron chi connectivity index (χ1n) is 11.1. The molecule has 1 fully saturated rings. The fraction of sp³-hybridized carbons (Fsp3) is 0.524. The lowest BCUT2D eigenvalue weighted by molar-refractivity contribution is -0.142. The molecule has 1 saturated heterocycles. The van der Waals surface area contributed by atoms with Crippen LogP contribution in [0.3, 0.4) is 0 Å². The molecule has 0 saturated carbocycles. The molecule has 1 aromatic carbocycles. The lowest BCUT2D eigenvalue weighted by Gasteiger charge is -2.32. The normalized spacial score (nSPS) is 26.2. The molecule has 3 N–H and O–H groups in total. The summed E-state index contributed by atoms with van der Waals surface area (Å²) in [6, 6.07) is 4.30. The number of azide groups is 1. The molecule has 15 heteroatoms. The summed E-state index contributed by atoms with van der Waals surface area (Å²) in [7, 11) is -2.97. The number of rotatable bonds is 10. The van der Waals surface area contributed by atoms with Gasteiger partial charge in [0, 0.05) is 17.5 Å². The summed E-state index contributed by atoms with van der Waals surface area (Å²) >= 11 is 0. The first-order chi connectivity index (χ1) is 17.0. The molecular weight excluding hydrogens is 495 g/mol. The summed E-state index contributed by atoms with van der Waals surface area (Å²) in [5, 5.41) is 18.4. The Bertz CT molecular complexity index is 1090. The molecule has 0 aromatic heterocycles. The molecule has 2 aliphatic rings. The number of aliphatic hydroxyl groups excluding tert-OH is 1. The Morgan fingerprint density at radius 2 is 2.11 bits per heavy atom. The highest BCUT2D eigenvalue weighted by atomic mass is 31.2. The largest absolute Gasteiger partial charge is 0.468 e. The molecule has 2 aliphatic heterocycles. The van der Waals surface area contributed by atoms with Gasteiger partial charge in [-0.05, 0) is 44.0 Å². The third kappa shape index (κ3) is 6.76. The van der Waals surface area contributed by atoms with E-state index in [9.17, 15) is 19.3 Å². The zero-order valence-electron chi connectivity index (χ0n) is 20.2. The lowest BCUT2D eigenvalue weighted by Crippen LogP contribution is -2.51. The number of ether oxygens (including phenoxy) is 2. The first-order valence-corrected chi connectivity index (χ1v) is 12.6. The van der Waals surface area contributed by atoms with E-state index >= 15 is 0 Å². The Morgan fingerprint density at radius 3 is 2.75 bits per heavy atom. The van der Waals surface area contributed by atoms with Gasteiger partial charge in [0.1, 0.15) is 18.0 Å². The number of amides is 2. The Morgan fingerprint density at radius 1 is 1.42 bits per heavy atom. The Hall–Kier alpha value is -3.12. The molecular formula is C21H29N6O8P. The van der Waals surface area contributed by atoms with Gasteiger partial charge in [-0.15, -0.1) is 0 Å². The van der Waals surface area contributed by atoms with E-state index in [2.05, 4.69) is 25.2 Å². The van der Waals surface area contributed by atoms with Crippen molar-refractivity contribution in [3.63, 3.8) is 0 Å². The quantitative estimate of drug-likeness (QED) is 0.136. The topological polar surface area (TPSA) is 184 Å². The highest BCUT2D eigenvalue weighted by Gasteiger charge is 2.42. The van der Waals surface area contributed by atoms with Crippen LogP contribution in [0.15, 0.2) is 41.2 Å². The first kappa shape index (κ1) is 27.5. The molecule has 1 aromatic rings. The number of esters is 1. The highest BCUT2D eigenvalue weighted by molar-refractivity contribution is 7.52. The van der Waals surface area contributed by atoms with Gasteiger partial charge < -0.3 is 24.4 Å². The van der Waals surface area contributed by atoms with E-state index in [0.717, 1.165) is 5.56 Å². The summed E-state index contributed by atoms with van der Waals surface area (Å²) in [5.74, 6) is -0.453. The van der Waals surface area contributed by atoms with Crippen LogP contribution >= 0.6 is 7.75 Å². The molecule has 196 valence electrons. The van der Waals surface area contributed by atoms with Crippen molar-refractivity contribution in [1.82, 2.24) is 15.3 Å². The fourth-order valence-corrected chi connectivity index (χ4v) is 5.06. The molecule has 6 unspecified atom stereocenters. The summed E-state index contributed by atoms with van der Waals surface area (Å²) in [4.78, 5) is 28.3. The second-order valence-corrected chi connectivity index (χ2v) is 10.0. The van der Waals surface area contributed by atoms with Crippen LogP contribution < -0.4 is 14.9 Å². The van der Waals surface area contributed by atoms with Crippen molar-refractivity contribution in [3.05, 3.63) is 52.0 Å². The van der Waals surface area contributed by atoms with E-state index in [0.29, 0.717) is 5.57 Å². The van der Waals surface area contributed by atoms with Crippen molar-refractivity contribution in [2.24, 2.45) is 5.11 Å². The number of carbonyl (C=O) groups is 2. The average Bonchev–Trinajstić information content (AvgIpc) is 3.23. The van der Waals surface area contributed by atoms with E-state index in [1.165, 1.54) is 25.1 Å². The smallest absolute Gasteiger partial charge is 0.459 e. The number of methoxy groups -OCH3 is 1. The molecule has 2 heterocycles. The lowest BCUT2D eigenvalue weighted by atomic mass is 10.1. The van der Waals surface area contributed by atoms with Crippen molar-refractivity contribution in [2.45, 2.75) is 57.8 Å². The zero-order chi connectivity index (χ0) is 26.5. The van der Waals surface area contributed by atoms with Gasteiger partial charge in [-0.2, -0.15) is 5.09 Å². The van der Waals surface area contributed by atoms with Crippen LogP contribution in [-0.4, -0.2) is 66.4 Å². The summed E-state index contributed by atoms with van der Waals surface area (Å²) in [6.07, 6.45) is -1.29. The summed E-state index contributed by atoms with van der Waals surface area (Å²) in [5.41, 5.74) is 10.4. The third-order valence-electron chi connectivity index (χ3n) is 5.54. The van der Waals surface area contributed by atoms with Crippen molar-refractivity contribution >= 4 is 19.7 Å². The number of hydrogen-bond donors (Lipinski definition) is 3. The van der Waals surface area contributed by atoms with Gasteiger partial charge in [0.15, 0.2) is 6.23 Å². The van der Waals surface area contributed by atoms with Crippen LogP contribution in [0.25, 0.3) is 10.4 Å². The molecule has 3 rings (SSSR count).